The van der Waals surface area contributed by atoms with Crippen LogP contribution in [0.3, 0.4) is 0 Å². The van der Waals surface area contributed by atoms with Crippen LogP contribution in [0.25, 0.3) is 45.1 Å². The van der Waals surface area contributed by atoms with Crippen LogP contribution in [0.15, 0.2) is 70.3 Å². The molecule has 11 heteroatoms. The Morgan fingerprint density at radius 2 is 1.88 bits per heavy atom. The Kier molecular flexibility index (Phi) is 6.44. The first kappa shape index (κ1) is 25.8. The van der Waals surface area contributed by atoms with E-state index >= 15 is 0 Å². The summed E-state index contributed by atoms with van der Waals surface area (Å²) in [6, 6.07) is 13.6. The second-order valence-electron chi connectivity index (χ2n) is 9.71. The van der Waals surface area contributed by atoms with Crippen LogP contribution >= 0.6 is 0 Å². The highest BCUT2D eigenvalue weighted by Crippen LogP contribution is 2.39. The first-order chi connectivity index (χ1) is 19.2. The first-order valence-corrected chi connectivity index (χ1v) is 12.6. The molecule has 1 saturated carbocycles. The fourth-order valence-electron chi connectivity index (χ4n) is 4.97. The largest absolute Gasteiger partial charge is 0.435 e. The van der Waals surface area contributed by atoms with Gasteiger partial charge in [-0.3, -0.25) is 4.99 Å². The Balaban J connectivity index is 1.42. The quantitative estimate of drug-likeness (QED) is 0.211. The summed E-state index contributed by atoms with van der Waals surface area (Å²) in [7, 11) is 1.74. The minimum atomic E-state index is -4.70. The van der Waals surface area contributed by atoms with Crippen molar-refractivity contribution >= 4 is 16.8 Å². The minimum Gasteiger partial charge on any atom is -0.435 e. The Morgan fingerprint density at radius 1 is 1.05 bits per heavy atom. The lowest BCUT2D eigenvalue weighted by Gasteiger charge is -2.10. The summed E-state index contributed by atoms with van der Waals surface area (Å²) >= 11 is 0. The average molecular weight is 552 g/mol. The molecule has 6 nitrogen and oxygen atoms in total. The highest BCUT2D eigenvalue weighted by molar-refractivity contribution is 5.90. The summed E-state index contributed by atoms with van der Waals surface area (Å²) in [4.78, 5) is 8.61. The van der Waals surface area contributed by atoms with Crippen LogP contribution < -0.4 is 0 Å². The van der Waals surface area contributed by atoms with Gasteiger partial charge in [-0.1, -0.05) is 18.2 Å². The summed E-state index contributed by atoms with van der Waals surface area (Å²) in [6.45, 7) is -0.0815. The number of hydrogen-bond donors (Lipinski definition) is 0. The van der Waals surface area contributed by atoms with Crippen LogP contribution in [0, 0.1) is 5.82 Å². The van der Waals surface area contributed by atoms with Gasteiger partial charge in [0.05, 0.1) is 6.54 Å². The lowest BCUT2D eigenvalue weighted by atomic mass is 9.97. The van der Waals surface area contributed by atoms with Gasteiger partial charge in [0.2, 0.25) is 5.89 Å². The molecule has 1 atom stereocenters. The molecule has 1 aliphatic rings. The zero-order chi connectivity index (χ0) is 28.0. The van der Waals surface area contributed by atoms with Gasteiger partial charge in [-0.05, 0) is 72.4 Å². The number of rotatable bonds is 5. The molecule has 3 aromatic carbocycles. The molecule has 0 spiro atoms. The third-order valence-electron chi connectivity index (χ3n) is 6.93. The fourth-order valence-corrected chi connectivity index (χ4v) is 4.97. The molecule has 0 saturated heterocycles. The number of aryl methyl sites for hydroxylation is 1. The Labute approximate surface area is 225 Å². The van der Waals surface area contributed by atoms with Crippen LogP contribution in [0.2, 0.25) is 0 Å². The Hall–Kier alpha value is -4.41. The monoisotopic (exact) mass is 551 g/mol. The van der Waals surface area contributed by atoms with Crippen molar-refractivity contribution in [3.63, 3.8) is 0 Å². The highest BCUT2D eigenvalue weighted by atomic mass is 19.4. The van der Waals surface area contributed by atoms with E-state index in [0.717, 1.165) is 6.07 Å². The standard InChI is InChI=1S/C29H22F5N5O/c1-39-15-36-38-27(39)21-13-19(30)8-9-20(21)17-4-2-5-18(12-17)28-37-25-11-16(14-35-24-7-3-6-23(24)31)10-22(26(25)40-28)29(32,33)34/h2,4-5,8-13,15,23H,3,6-7,14H2,1H3/t23-/m0/s1. The van der Waals surface area contributed by atoms with Crippen LogP contribution in [-0.4, -0.2) is 31.6 Å². The predicted molar refractivity (Wildman–Crippen MR) is 140 cm³/mol. The highest BCUT2D eigenvalue weighted by Gasteiger charge is 2.35. The number of halogens is 5. The second kappa shape index (κ2) is 9.96. The normalized spacial score (nSPS) is 16.9. The zero-order valence-corrected chi connectivity index (χ0v) is 21.2. The lowest BCUT2D eigenvalue weighted by molar-refractivity contribution is -0.136. The van der Waals surface area contributed by atoms with Crippen LogP contribution in [0.5, 0.6) is 0 Å². The van der Waals surface area contributed by atoms with Crippen molar-refractivity contribution in [1.29, 1.82) is 0 Å². The molecule has 0 radical (unpaired) electrons. The molecule has 0 bridgehead atoms. The van der Waals surface area contributed by atoms with Gasteiger partial charge in [-0.25, -0.2) is 13.8 Å². The van der Waals surface area contributed by atoms with Crippen LogP contribution in [-0.2, 0) is 19.8 Å². The van der Waals surface area contributed by atoms with Crippen molar-refractivity contribution in [2.75, 3.05) is 0 Å². The summed E-state index contributed by atoms with van der Waals surface area (Å²) in [5.41, 5.74) is 1.54. The van der Waals surface area contributed by atoms with Gasteiger partial charge in [0, 0.05) is 23.9 Å². The van der Waals surface area contributed by atoms with Gasteiger partial charge < -0.3 is 8.98 Å². The molecule has 0 unspecified atom stereocenters. The van der Waals surface area contributed by atoms with Crippen molar-refractivity contribution < 1.29 is 26.4 Å². The number of benzene rings is 3. The molecule has 6 rings (SSSR count). The van der Waals surface area contributed by atoms with E-state index in [1.54, 1.807) is 41.9 Å². The third-order valence-corrected chi connectivity index (χ3v) is 6.93. The molecule has 0 amide bonds. The van der Waals surface area contributed by atoms with Gasteiger partial charge in [0.15, 0.2) is 11.4 Å². The Morgan fingerprint density at radius 3 is 2.60 bits per heavy atom. The zero-order valence-electron chi connectivity index (χ0n) is 21.2. The molecule has 1 fully saturated rings. The van der Waals surface area contributed by atoms with Crippen molar-refractivity contribution in [2.24, 2.45) is 12.0 Å². The average Bonchev–Trinajstić information content (AvgIpc) is 3.66. The van der Waals surface area contributed by atoms with Crippen molar-refractivity contribution in [3.05, 3.63) is 77.9 Å². The molecular formula is C29H22F5N5O. The maximum absolute atomic E-state index is 14.2. The second-order valence-corrected chi connectivity index (χ2v) is 9.71. The van der Waals surface area contributed by atoms with E-state index in [-0.39, 0.29) is 23.5 Å². The summed E-state index contributed by atoms with van der Waals surface area (Å²) in [6.07, 6.45) is -2.78. The first-order valence-electron chi connectivity index (χ1n) is 12.6. The molecule has 2 aromatic heterocycles. The maximum atomic E-state index is 14.2. The van der Waals surface area contributed by atoms with E-state index in [9.17, 15) is 22.0 Å². The predicted octanol–water partition coefficient (Wildman–Crippen LogP) is 7.58. The molecule has 1 aliphatic carbocycles. The summed E-state index contributed by atoms with van der Waals surface area (Å²) < 4.78 is 77.5. The maximum Gasteiger partial charge on any atom is 0.420 e. The fraction of sp³-hybridized carbons (Fsp3) is 0.241. The van der Waals surface area contributed by atoms with E-state index in [1.165, 1.54) is 24.5 Å². The number of aliphatic imine (C=N–C) groups is 1. The topological polar surface area (TPSA) is 69.1 Å². The van der Waals surface area contributed by atoms with Gasteiger partial charge in [0.25, 0.3) is 0 Å². The van der Waals surface area contributed by atoms with E-state index in [2.05, 4.69) is 20.2 Å². The van der Waals surface area contributed by atoms with Gasteiger partial charge in [-0.2, -0.15) is 13.2 Å². The van der Waals surface area contributed by atoms with Crippen LogP contribution in [0.4, 0.5) is 22.0 Å². The van der Waals surface area contributed by atoms with Gasteiger partial charge in [-0.15, -0.1) is 10.2 Å². The lowest BCUT2D eigenvalue weighted by Crippen LogP contribution is -2.08. The van der Waals surface area contributed by atoms with Crippen LogP contribution in [0.1, 0.15) is 30.4 Å². The summed E-state index contributed by atoms with van der Waals surface area (Å²) in [5, 5.41) is 7.96. The molecule has 40 heavy (non-hydrogen) atoms. The smallest absolute Gasteiger partial charge is 0.420 e. The molecule has 5 aromatic rings. The number of aromatic nitrogens is 4. The molecule has 0 aliphatic heterocycles. The number of alkyl halides is 4. The van der Waals surface area contributed by atoms with E-state index in [4.69, 9.17) is 4.42 Å². The SMILES string of the molecule is Cn1cnnc1-c1cc(F)ccc1-c1cccc(-c2nc3cc(CN=C4CCC[C@@H]4F)cc(C(F)(F)F)c3o2)c1. The summed E-state index contributed by atoms with van der Waals surface area (Å²) in [5.74, 6) is -0.00966. The van der Waals surface area contributed by atoms with E-state index in [0.29, 0.717) is 53.1 Å². The van der Waals surface area contributed by atoms with Crippen molar-refractivity contribution in [2.45, 2.75) is 38.2 Å². The molecular weight excluding hydrogens is 529 g/mol. The number of hydrogen-bond acceptors (Lipinski definition) is 5. The molecule has 2 heterocycles. The Bertz CT molecular complexity index is 1750. The number of oxazole rings is 1. The number of nitrogens with zero attached hydrogens (tertiary/aromatic N) is 5. The van der Waals surface area contributed by atoms with E-state index < -0.39 is 29.3 Å². The van der Waals surface area contributed by atoms with E-state index in [1.807, 2.05) is 0 Å². The van der Waals surface area contributed by atoms with Crippen molar-refractivity contribution in [3.8, 4) is 34.0 Å². The molecule has 204 valence electrons. The molecule has 0 N–H and O–H groups in total. The van der Waals surface area contributed by atoms with Gasteiger partial charge >= 0.3 is 6.18 Å². The number of fused-ring (bicyclic) bond motifs is 1. The minimum absolute atomic E-state index is 0.00671. The van der Waals surface area contributed by atoms with Crippen molar-refractivity contribution in [1.82, 2.24) is 19.7 Å². The third kappa shape index (κ3) is 4.87. The van der Waals surface area contributed by atoms with Gasteiger partial charge in [0.1, 0.15) is 29.4 Å².